The molecule has 44 heavy (non-hydrogen) atoms. The van der Waals surface area contributed by atoms with Crippen molar-refractivity contribution in [3.8, 4) is 11.5 Å². The number of aryl methyl sites for hydroxylation is 1. The smallest absolute Gasteiger partial charge is 0.490 e. The fourth-order valence-electron chi connectivity index (χ4n) is 3.86. The molecule has 5 N–H and O–H groups in total. The number of carboxylic acid groups (broad SMARTS) is 1. The van der Waals surface area contributed by atoms with Crippen LogP contribution in [0.15, 0.2) is 69.9 Å². The molecule has 0 radical (unpaired) electrons. The van der Waals surface area contributed by atoms with Crippen LogP contribution >= 0.6 is 0 Å². The Hall–Kier alpha value is -5.37. The molecule has 0 spiro atoms. The molecule has 0 unspecified atom stereocenters. The lowest BCUT2D eigenvalue weighted by Crippen LogP contribution is -2.21. The summed E-state index contributed by atoms with van der Waals surface area (Å²) in [7, 11) is 2.88. The zero-order valence-corrected chi connectivity index (χ0v) is 23.7. The number of carboxylic acids is 1. The van der Waals surface area contributed by atoms with Gasteiger partial charge in [0.05, 0.1) is 30.9 Å². The maximum Gasteiger partial charge on any atom is 0.490 e. The van der Waals surface area contributed by atoms with E-state index in [1.54, 1.807) is 30.3 Å². The van der Waals surface area contributed by atoms with Gasteiger partial charge < -0.3 is 35.4 Å². The third-order valence-electron chi connectivity index (χ3n) is 6.01. The van der Waals surface area contributed by atoms with Crippen molar-refractivity contribution in [1.29, 1.82) is 0 Å². The molecule has 4 rings (SSSR count). The van der Waals surface area contributed by atoms with Crippen LogP contribution < -0.4 is 31.3 Å². The number of benzene rings is 3. The Morgan fingerprint density at radius 1 is 0.909 bits per heavy atom. The zero-order valence-electron chi connectivity index (χ0n) is 23.7. The predicted octanol–water partition coefficient (Wildman–Crippen LogP) is 4.76. The van der Waals surface area contributed by atoms with Gasteiger partial charge in [0, 0.05) is 17.8 Å². The van der Waals surface area contributed by atoms with Crippen LogP contribution in [0.2, 0.25) is 0 Å². The molecule has 1 heterocycles. The average Bonchev–Trinajstić information content (AvgIpc) is 2.98. The molecule has 0 atom stereocenters. The van der Waals surface area contributed by atoms with E-state index in [0.29, 0.717) is 29.1 Å². The van der Waals surface area contributed by atoms with E-state index in [1.165, 1.54) is 26.4 Å². The first-order valence-electron chi connectivity index (χ1n) is 12.8. The van der Waals surface area contributed by atoms with Crippen molar-refractivity contribution in [3.05, 3.63) is 93.3 Å². The van der Waals surface area contributed by atoms with Crippen molar-refractivity contribution >= 4 is 40.1 Å². The van der Waals surface area contributed by atoms with Gasteiger partial charge in [0.15, 0.2) is 22.7 Å². The molecule has 1 aromatic heterocycles. The Bertz CT molecular complexity index is 1740. The highest BCUT2D eigenvalue weighted by Gasteiger charge is 2.38. The molecule has 0 saturated heterocycles. The summed E-state index contributed by atoms with van der Waals surface area (Å²) in [6, 6.07) is 16.5. The van der Waals surface area contributed by atoms with Gasteiger partial charge in [-0.1, -0.05) is 23.8 Å². The van der Waals surface area contributed by atoms with Gasteiger partial charge in [-0.25, -0.2) is 4.79 Å². The van der Waals surface area contributed by atoms with Gasteiger partial charge in [-0.3, -0.25) is 14.4 Å². The number of hydrogen-bond acceptors (Lipinski definition) is 8. The highest BCUT2D eigenvalue weighted by Crippen LogP contribution is 2.34. The van der Waals surface area contributed by atoms with Crippen LogP contribution in [0.3, 0.4) is 0 Å². The number of carbonyl (C=O) groups excluding carboxylic acids is 2. The number of carbonyl (C=O) groups is 3. The van der Waals surface area contributed by atoms with Crippen LogP contribution in [0.4, 0.5) is 24.5 Å². The zero-order chi connectivity index (χ0) is 32.6. The first-order valence-corrected chi connectivity index (χ1v) is 12.8. The standard InChI is InChI=1S/C28H27N3O6.C2HF3O2/c1-16-4-9-23-20(12-16)22(32)15-26(37-23)28(34)31-21-14-25(36-3)24(35-2)13-19(21)27(33)30-18-7-5-17(6-8-18)10-11-29;3-2(4,5)1(6)7/h4-9,12-15H,10-11,29H2,1-3H3,(H,30,33)(H,31,34);(H,6,7). The number of fused-ring (bicyclic) bond motifs is 1. The number of anilines is 2. The number of halogens is 3. The summed E-state index contributed by atoms with van der Waals surface area (Å²) in [4.78, 5) is 47.8. The summed E-state index contributed by atoms with van der Waals surface area (Å²) < 4.78 is 48.1. The maximum atomic E-state index is 13.2. The van der Waals surface area contributed by atoms with E-state index >= 15 is 0 Å². The normalized spacial score (nSPS) is 10.8. The molecule has 11 nitrogen and oxygen atoms in total. The SMILES string of the molecule is COc1cc(NC(=O)c2cc(=O)c3cc(C)ccc3o2)c(C(=O)Nc2ccc(CCN)cc2)cc1OC.O=C(O)C(F)(F)F. The highest BCUT2D eigenvalue weighted by molar-refractivity contribution is 6.12. The van der Waals surface area contributed by atoms with E-state index < -0.39 is 24.0 Å². The van der Waals surface area contributed by atoms with Gasteiger partial charge in [0.1, 0.15) is 5.58 Å². The van der Waals surface area contributed by atoms with E-state index in [-0.39, 0.29) is 28.0 Å². The second-order valence-electron chi connectivity index (χ2n) is 9.17. The Kier molecular flexibility index (Phi) is 10.7. The predicted molar refractivity (Wildman–Crippen MR) is 156 cm³/mol. The first-order chi connectivity index (χ1) is 20.8. The Morgan fingerprint density at radius 3 is 2.09 bits per heavy atom. The summed E-state index contributed by atoms with van der Waals surface area (Å²) >= 11 is 0. The second-order valence-corrected chi connectivity index (χ2v) is 9.17. The Labute approximate surface area is 248 Å². The molecule has 0 aliphatic rings. The number of alkyl halides is 3. The van der Waals surface area contributed by atoms with Gasteiger partial charge in [-0.15, -0.1) is 0 Å². The molecular formula is C30H28F3N3O8. The third-order valence-corrected chi connectivity index (χ3v) is 6.01. The van der Waals surface area contributed by atoms with Crippen molar-refractivity contribution in [2.24, 2.45) is 5.73 Å². The van der Waals surface area contributed by atoms with Crippen molar-refractivity contribution in [3.63, 3.8) is 0 Å². The van der Waals surface area contributed by atoms with Crippen LogP contribution in [0, 0.1) is 6.92 Å². The number of ether oxygens (including phenoxy) is 2. The summed E-state index contributed by atoms with van der Waals surface area (Å²) in [6.45, 7) is 2.38. The van der Waals surface area contributed by atoms with Gasteiger partial charge in [0.25, 0.3) is 11.8 Å². The van der Waals surface area contributed by atoms with Crippen LogP contribution in [-0.4, -0.2) is 49.8 Å². The molecule has 0 fully saturated rings. The lowest BCUT2D eigenvalue weighted by molar-refractivity contribution is -0.192. The van der Waals surface area contributed by atoms with Crippen molar-refractivity contribution in [2.45, 2.75) is 19.5 Å². The van der Waals surface area contributed by atoms with Gasteiger partial charge in [0.2, 0.25) is 0 Å². The number of aliphatic carboxylic acids is 1. The Balaban J connectivity index is 0.000000676. The molecule has 0 saturated carbocycles. The number of nitrogens with two attached hydrogens (primary N) is 1. The summed E-state index contributed by atoms with van der Waals surface area (Å²) in [5.74, 6) is -3.54. The molecule has 2 amide bonds. The van der Waals surface area contributed by atoms with Gasteiger partial charge in [-0.05, 0) is 55.8 Å². The minimum atomic E-state index is -5.08. The number of hydrogen-bond donors (Lipinski definition) is 4. The fraction of sp³-hybridized carbons (Fsp3) is 0.200. The number of nitrogens with one attached hydrogen (secondary N) is 2. The monoisotopic (exact) mass is 615 g/mol. The molecule has 0 aliphatic carbocycles. The number of amides is 2. The van der Waals surface area contributed by atoms with Crippen LogP contribution in [0.5, 0.6) is 11.5 Å². The second kappa shape index (κ2) is 14.2. The van der Waals surface area contributed by atoms with Crippen molar-refractivity contribution < 1.29 is 46.6 Å². The minimum Gasteiger partial charge on any atom is -0.493 e. The molecule has 0 aliphatic heterocycles. The topological polar surface area (TPSA) is 170 Å². The largest absolute Gasteiger partial charge is 0.493 e. The quantitative estimate of drug-likeness (QED) is 0.218. The van der Waals surface area contributed by atoms with Crippen LogP contribution in [-0.2, 0) is 11.2 Å². The Morgan fingerprint density at radius 2 is 1.52 bits per heavy atom. The maximum absolute atomic E-state index is 13.2. The molecule has 3 aromatic carbocycles. The first kappa shape index (κ1) is 33.1. The molecular weight excluding hydrogens is 587 g/mol. The highest BCUT2D eigenvalue weighted by atomic mass is 19.4. The number of methoxy groups -OCH3 is 2. The van der Waals surface area contributed by atoms with Crippen molar-refractivity contribution in [1.82, 2.24) is 0 Å². The van der Waals surface area contributed by atoms with E-state index in [9.17, 15) is 27.6 Å². The lowest BCUT2D eigenvalue weighted by atomic mass is 10.1. The summed E-state index contributed by atoms with van der Waals surface area (Å²) in [5, 5.41) is 13.0. The fourth-order valence-corrected chi connectivity index (χ4v) is 3.86. The van der Waals surface area contributed by atoms with Crippen molar-refractivity contribution in [2.75, 3.05) is 31.4 Å². The third kappa shape index (κ3) is 8.35. The lowest BCUT2D eigenvalue weighted by Gasteiger charge is -2.16. The molecule has 4 aromatic rings. The van der Waals surface area contributed by atoms with E-state index in [1.807, 2.05) is 19.1 Å². The van der Waals surface area contributed by atoms with Gasteiger partial charge in [-0.2, -0.15) is 13.2 Å². The van der Waals surface area contributed by atoms with Crippen LogP contribution in [0.25, 0.3) is 11.0 Å². The average molecular weight is 616 g/mol. The molecule has 14 heteroatoms. The summed E-state index contributed by atoms with van der Waals surface area (Å²) in [6.07, 6.45) is -4.36. The molecule has 232 valence electrons. The summed E-state index contributed by atoms with van der Waals surface area (Å²) in [5.41, 5.74) is 8.30. The number of rotatable bonds is 8. The minimum absolute atomic E-state index is 0.121. The van der Waals surface area contributed by atoms with E-state index in [4.69, 9.17) is 29.5 Å². The van der Waals surface area contributed by atoms with E-state index in [0.717, 1.165) is 23.6 Å². The van der Waals surface area contributed by atoms with Crippen LogP contribution in [0.1, 0.15) is 32.0 Å². The van der Waals surface area contributed by atoms with E-state index in [2.05, 4.69) is 10.6 Å². The van der Waals surface area contributed by atoms with Gasteiger partial charge >= 0.3 is 12.1 Å². The molecule has 0 bridgehead atoms.